The van der Waals surface area contributed by atoms with Gasteiger partial charge in [0.1, 0.15) is 5.82 Å². The van der Waals surface area contributed by atoms with Crippen molar-refractivity contribution in [3.63, 3.8) is 0 Å². The van der Waals surface area contributed by atoms with E-state index in [1.165, 1.54) is 18.2 Å². The van der Waals surface area contributed by atoms with Gasteiger partial charge < -0.3 is 15.8 Å². The lowest BCUT2D eigenvalue weighted by Gasteiger charge is -2.16. The highest BCUT2D eigenvalue weighted by Crippen LogP contribution is 2.18. The summed E-state index contributed by atoms with van der Waals surface area (Å²) in [7, 11) is 0. The van der Waals surface area contributed by atoms with E-state index in [1.54, 1.807) is 0 Å². The van der Waals surface area contributed by atoms with Gasteiger partial charge in [-0.25, -0.2) is 4.39 Å². The number of rotatable bonds is 2. The Morgan fingerprint density at radius 1 is 1.59 bits per heavy atom. The second-order valence-corrected chi connectivity index (χ2v) is 4.15. The molecule has 3 N–H and O–H groups in total. The number of nitrogen functional groups attached to an aromatic ring is 1. The molecule has 1 aliphatic rings. The Morgan fingerprint density at radius 2 is 2.35 bits per heavy atom. The smallest absolute Gasteiger partial charge is 0.253 e. The summed E-state index contributed by atoms with van der Waals surface area (Å²) >= 11 is 0. The van der Waals surface area contributed by atoms with Crippen LogP contribution in [0.4, 0.5) is 10.1 Å². The number of anilines is 1. The van der Waals surface area contributed by atoms with Crippen molar-refractivity contribution in [2.45, 2.75) is 25.5 Å². The molecule has 0 radical (unpaired) electrons. The molecule has 0 bridgehead atoms. The van der Waals surface area contributed by atoms with Crippen LogP contribution in [0.15, 0.2) is 18.2 Å². The molecule has 0 spiro atoms. The van der Waals surface area contributed by atoms with Crippen molar-refractivity contribution in [3.8, 4) is 0 Å². The average Bonchev–Trinajstić information content (AvgIpc) is 2.68. The number of benzene rings is 1. The predicted octanol–water partition coefficient (Wildman–Crippen LogP) is 1.32. The van der Waals surface area contributed by atoms with E-state index in [-0.39, 0.29) is 29.3 Å². The summed E-state index contributed by atoms with van der Waals surface area (Å²) in [4.78, 5) is 11.9. The summed E-state index contributed by atoms with van der Waals surface area (Å²) in [5.41, 5.74) is 5.58. The molecule has 0 saturated carbocycles. The maximum absolute atomic E-state index is 13.2. The summed E-state index contributed by atoms with van der Waals surface area (Å²) in [6, 6.07) is 4.17. The first kappa shape index (κ1) is 11.9. The maximum Gasteiger partial charge on any atom is 0.253 e. The zero-order chi connectivity index (χ0) is 12.4. The second-order valence-electron chi connectivity index (χ2n) is 4.15. The fourth-order valence-corrected chi connectivity index (χ4v) is 1.90. The van der Waals surface area contributed by atoms with Crippen LogP contribution in [0, 0.1) is 5.82 Å². The topological polar surface area (TPSA) is 64.3 Å². The molecule has 92 valence electrons. The monoisotopic (exact) mass is 238 g/mol. The number of halogens is 1. The van der Waals surface area contributed by atoms with Crippen LogP contribution in [0.1, 0.15) is 23.7 Å². The number of carbonyl (C=O) groups excluding carboxylic acids is 1. The fraction of sp³-hybridized carbons (Fsp3) is 0.417. The van der Waals surface area contributed by atoms with Crippen LogP contribution in [0.3, 0.4) is 0 Å². The maximum atomic E-state index is 13.2. The Kier molecular flexibility index (Phi) is 3.28. The minimum absolute atomic E-state index is 0.0197. The van der Waals surface area contributed by atoms with Crippen molar-refractivity contribution in [2.24, 2.45) is 0 Å². The number of para-hydroxylation sites is 1. The molecule has 0 aliphatic carbocycles. The highest BCUT2D eigenvalue weighted by molar-refractivity contribution is 5.99. The van der Waals surface area contributed by atoms with Gasteiger partial charge in [-0.1, -0.05) is 6.07 Å². The van der Waals surface area contributed by atoms with E-state index in [4.69, 9.17) is 10.5 Å². The van der Waals surface area contributed by atoms with E-state index in [9.17, 15) is 9.18 Å². The van der Waals surface area contributed by atoms with Gasteiger partial charge in [0.25, 0.3) is 5.91 Å². The molecule has 0 aromatic heterocycles. The summed E-state index contributed by atoms with van der Waals surface area (Å²) < 4.78 is 18.5. The van der Waals surface area contributed by atoms with Crippen LogP contribution in [0.25, 0.3) is 0 Å². The fourth-order valence-electron chi connectivity index (χ4n) is 1.90. The lowest BCUT2D eigenvalue weighted by molar-refractivity contribution is 0.0866. The number of amides is 1. The van der Waals surface area contributed by atoms with Gasteiger partial charge >= 0.3 is 0 Å². The third-order valence-corrected chi connectivity index (χ3v) is 2.99. The van der Waals surface area contributed by atoms with Crippen molar-refractivity contribution in [1.82, 2.24) is 5.32 Å². The molecular formula is C12H15FN2O2. The van der Waals surface area contributed by atoms with Crippen molar-refractivity contribution >= 4 is 11.6 Å². The minimum Gasteiger partial charge on any atom is -0.396 e. The Bertz CT molecular complexity index is 437. The van der Waals surface area contributed by atoms with Crippen LogP contribution < -0.4 is 11.1 Å². The van der Waals surface area contributed by atoms with Gasteiger partial charge in [-0.05, 0) is 25.5 Å². The molecule has 1 aromatic rings. The van der Waals surface area contributed by atoms with E-state index < -0.39 is 5.82 Å². The molecule has 1 aliphatic heterocycles. The van der Waals surface area contributed by atoms with Crippen molar-refractivity contribution in [2.75, 3.05) is 12.3 Å². The Hall–Kier alpha value is -1.62. The van der Waals surface area contributed by atoms with E-state index in [0.717, 1.165) is 6.42 Å². The normalized spacial score (nSPS) is 23.6. The molecule has 1 aromatic carbocycles. The number of carbonyl (C=O) groups is 1. The number of nitrogens with one attached hydrogen (secondary N) is 1. The van der Waals surface area contributed by atoms with E-state index in [2.05, 4.69) is 5.32 Å². The van der Waals surface area contributed by atoms with Crippen LogP contribution in [-0.4, -0.2) is 24.7 Å². The zero-order valence-electron chi connectivity index (χ0n) is 9.57. The predicted molar refractivity (Wildman–Crippen MR) is 62.1 cm³/mol. The van der Waals surface area contributed by atoms with Gasteiger partial charge in [-0.2, -0.15) is 0 Å². The molecule has 4 nitrogen and oxygen atoms in total. The summed E-state index contributed by atoms with van der Waals surface area (Å²) in [6.07, 6.45) is 0.746. The average molecular weight is 238 g/mol. The molecule has 2 rings (SSSR count). The molecule has 1 fully saturated rings. The zero-order valence-corrected chi connectivity index (χ0v) is 9.57. The molecule has 1 heterocycles. The van der Waals surface area contributed by atoms with Crippen LogP contribution in [-0.2, 0) is 4.74 Å². The third-order valence-electron chi connectivity index (χ3n) is 2.99. The van der Waals surface area contributed by atoms with Crippen LogP contribution in [0.5, 0.6) is 0 Å². The van der Waals surface area contributed by atoms with E-state index in [1.807, 2.05) is 6.92 Å². The Morgan fingerprint density at radius 3 is 3.00 bits per heavy atom. The standard InChI is InChI=1S/C12H15FN2O2/c1-7-10(5-6-17-7)15-12(16)8-3-2-4-9(13)11(8)14/h2-4,7,10H,5-6,14H2,1H3,(H,15,16). The van der Waals surface area contributed by atoms with Gasteiger partial charge in [0.15, 0.2) is 0 Å². The van der Waals surface area contributed by atoms with Crippen LogP contribution >= 0.6 is 0 Å². The number of nitrogens with two attached hydrogens (primary N) is 1. The molecule has 5 heteroatoms. The molecule has 2 unspecified atom stereocenters. The first-order valence-corrected chi connectivity index (χ1v) is 5.56. The van der Waals surface area contributed by atoms with Gasteiger partial charge in [0, 0.05) is 6.61 Å². The summed E-state index contributed by atoms with van der Waals surface area (Å²) in [5, 5.41) is 2.80. The molecule has 17 heavy (non-hydrogen) atoms. The first-order chi connectivity index (χ1) is 8.09. The lowest BCUT2D eigenvalue weighted by atomic mass is 10.1. The summed E-state index contributed by atoms with van der Waals surface area (Å²) in [5.74, 6) is -0.933. The highest BCUT2D eigenvalue weighted by atomic mass is 19.1. The molecular weight excluding hydrogens is 223 g/mol. The SMILES string of the molecule is CC1OCCC1NC(=O)c1cccc(F)c1N. The first-order valence-electron chi connectivity index (χ1n) is 5.56. The largest absolute Gasteiger partial charge is 0.396 e. The van der Waals surface area contributed by atoms with E-state index >= 15 is 0 Å². The number of hydrogen-bond acceptors (Lipinski definition) is 3. The van der Waals surface area contributed by atoms with Gasteiger partial charge in [-0.3, -0.25) is 4.79 Å². The number of ether oxygens (including phenoxy) is 1. The molecule has 1 saturated heterocycles. The van der Waals surface area contributed by atoms with Crippen molar-refractivity contribution < 1.29 is 13.9 Å². The highest BCUT2D eigenvalue weighted by Gasteiger charge is 2.26. The third kappa shape index (κ3) is 2.39. The van der Waals surface area contributed by atoms with Gasteiger partial charge in [0.2, 0.25) is 0 Å². The lowest BCUT2D eigenvalue weighted by Crippen LogP contribution is -2.39. The van der Waals surface area contributed by atoms with Gasteiger partial charge in [-0.15, -0.1) is 0 Å². The Balaban J connectivity index is 2.12. The number of hydrogen-bond donors (Lipinski definition) is 2. The molecule has 2 atom stereocenters. The second kappa shape index (κ2) is 4.71. The van der Waals surface area contributed by atoms with Crippen molar-refractivity contribution in [1.29, 1.82) is 0 Å². The van der Waals surface area contributed by atoms with Crippen molar-refractivity contribution in [3.05, 3.63) is 29.6 Å². The van der Waals surface area contributed by atoms with E-state index in [0.29, 0.717) is 6.61 Å². The molecule has 1 amide bonds. The quantitative estimate of drug-likeness (QED) is 0.764. The van der Waals surface area contributed by atoms with Gasteiger partial charge in [0.05, 0.1) is 23.4 Å². The van der Waals surface area contributed by atoms with Crippen LogP contribution in [0.2, 0.25) is 0 Å². The minimum atomic E-state index is -0.576. The summed E-state index contributed by atoms with van der Waals surface area (Å²) in [6.45, 7) is 2.53. The Labute approximate surface area is 98.9 Å².